The molecule has 2 rings (SSSR count). The van der Waals surface area contributed by atoms with E-state index in [4.69, 9.17) is 0 Å². The summed E-state index contributed by atoms with van der Waals surface area (Å²) in [6.45, 7) is 9.98. The van der Waals surface area contributed by atoms with Gasteiger partial charge in [0.25, 0.3) is 0 Å². The summed E-state index contributed by atoms with van der Waals surface area (Å²) in [5.74, 6) is 0. The fraction of sp³-hybridized carbons (Fsp3) is 0.667. The van der Waals surface area contributed by atoms with Crippen LogP contribution in [0.2, 0.25) is 0 Å². The molecule has 2 nitrogen and oxygen atoms in total. The first-order chi connectivity index (χ1) is 9.76. The molecule has 1 saturated heterocycles. The van der Waals surface area contributed by atoms with Gasteiger partial charge in [-0.05, 0) is 56.3 Å². The van der Waals surface area contributed by atoms with E-state index in [9.17, 15) is 0 Å². The quantitative estimate of drug-likeness (QED) is 0.833. The van der Waals surface area contributed by atoms with Crippen LogP contribution >= 0.6 is 0 Å². The molecule has 0 spiro atoms. The monoisotopic (exact) mass is 274 g/mol. The van der Waals surface area contributed by atoms with E-state index < -0.39 is 0 Å². The Bertz CT molecular complexity index is 412. The van der Waals surface area contributed by atoms with Gasteiger partial charge in [0.15, 0.2) is 0 Å². The number of anilines is 1. The summed E-state index contributed by atoms with van der Waals surface area (Å²) in [6.07, 6.45) is 6.74. The van der Waals surface area contributed by atoms with Crippen LogP contribution in [-0.2, 0) is 6.54 Å². The van der Waals surface area contributed by atoms with E-state index in [0.29, 0.717) is 0 Å². The number of rotatable bonds is 6. The molecule has 0 bridgehead atoms. The van der Waals surface area contributed by atoms with Crippen LogP contribution in [0.3, 0.4) is 0 Å². The fourth-order valence-electron chi connectivity index (χ4n) is 3.37. The molecule has 20 heavy (non-hydrogen) atoms. The third-order valence-corrected chi connectivity index (χ3v) is 4.40. The van der Waals surface area contributed by atoms with Crippen LogP contribution in [0.4, 0.5) is 5.69 Å². The number of nitrogens with one attached hydrogen (secondary N) is 1. The van der Waals surface area contributed by atoms with Gasteiger partial charge >= 0.3 is 0 Å². The summed E-state index contributed by atoms with van der Waals surface area (Å²) >= 11 is 0. The number of benzene rings is 1. The summed E-state index contributed by atoms with van der Waals surface area (Å²) in [5.41, 5.74) is 4.30. The van der Waals surface area contributed by atoms with E-state index in [1.165, 1.54) is 55.5 Å². The highest BCUT2D eigenvalue weighted by Crippen LogP contribution is 2.30. The molecule has 0 amide bonds. The maximum absolute atomic E-state index is 3.41. The van der Waals surface area contributed by atoms with Gasteiger partial charge < -0.3 is 10.2 Å². The zero-order chi connectivity index (χ0) is 14.4. The molecule has 2 heteroatoms. The Kier molecular flexibility index (Phi) is 5.90. The Hall–Kier alpha value is -1.02. The van der Waals surface area contributed by atoms with E-state index >= 15 is 0 Å². The minimum atomic E-state index is 0.757. The molecule has 0 saturated carbocycles. The summed E-state index contributed by atoms with van der Waals surface area (Å²) in [5, 5.41) is 3.41. The highest BCUT2D eigenvalue weighted by atomic mass is 15.2. The maximum atomic E-state index is 3.41. The zero-order valence-electron chi connectivity index (χ0n) is 13.4. The first-order valence-electron chi connectivity index (χ1n) is 8.33. The smallest absolute Gasteiger partial charge is 0.0398 e. The van der Waals surface area contributed by atoms with E-state index in [-0.39, 0.29) is 0 Å². The molecule has 1 unspecified atom stereocenters. The lowest BCUT2D eigenvalue weighted by atomic mass is 9.96. The Morgan fingerprint density at radius 2 is 2.10 bits per heavy atom. The van der Waals surface area contributed by atoms with Crippen molar-refractivity contribution >= 4 is 5.69 Å². The molecule has 1 aromatic rings. The molecule has 1 aliphatic rings. The second kappa shape index (κ2) is 7.68. The first kappa shape index (κ1) is 15.4. The third-order valence-electron chi connectivity index (χ3n) is 4.40. The minimum Gasteiger partial charge on any atom is -0.368 e. The molecule has 1 N–H and O–H groups in total. The van der Waals surface area contributed by atoms with Crippen molar-refractivity contribution in [1.82, 2.24) is 5.32 Å². The lowest BCUT2D eigenvalue weighted by Gasteiger charge is -2.38. The van der Waals surface area contributed by atoms with Gasteiger partial charge in [-0.15, -0.1) is 0 Å². The number of hydrogen-bond donors (Lipinski definition) is 1. The van der Waals surface area contributed by atoms with Crippen LogP contribution in [0.15, 0.2) is 18.2 Å². The van der Waals surface area contributed by atoms with Crippen molar-refractivity contribution in [2.45, 2.75) is 65.5 Å². The van der Waals surface area contributed by atoms with E-state index in [1.54, 1.807) is 0 Å². The van der Waals surface area contributed by atoms with Crippen molar-refractivity contribution in [1.29, 1.82) is 0 Å². The van der Waals surface area contributed by atoms with Crippen molar-refractivity contribution in [3.8, 4) is 0 Å². The maximum Gasteiger partial charge on any atom is 0.0398 e. The van der Waals surface area contributed by atoms with Crippen LogP contribution < -0.4 is 10.2 Å². The molecule has 1 heterocycles. The van der Waals surface area contributed by atoms with Crippen molar-refractivity contribution in [3.05, 3.63) is 29.3 Å². The number of piperidine rings is 1. The van der Waals surface area contributed by atoms with Crippen molar-refractivity contribution in [2.75, 3.05) is 18.0 Å². The molecule has 1 aliphatic heterocycles. The normalized spacial score (nSPS) is 19.4. The van der Waals surface area contributed by atoms with Gasteiger partial charge in [-0.3, -0.25) is 0 Å². The molecule has 1 atom stereocenters. The lowest BCUT2D eigenvalue weighted by molar-refractivity contribution is 0.434. The van der Waals surface area contributed by atoms with Gasteiger partial charge in [-0.1, -0.05) is 32.4 Å². The van der Waals surface area contributed by atoms with Gasteiger partial charge in [0, 0.05) is 24.8 Å². The Morgan fingerprint density at radius 1 is 1.25 bits per heavy atom. The highest BCUT2D eigenvalue weighted by Gasteiger charge is 2.22. The molecule has 0 aromatic heterocycles. The largest absolute Gasteiger partial charge is 0.368 e. The Morgan fingerprint density at radius 3 is 2.80 bits per heavy atom. The topological polar surface area (TPSA) is 15.3 Å². The molecule has 1 aromatic carbocycles. The van der Waals surface area contributed by atoms with Crippen molar-refractivity contribution < 1.29 is 0 Å². The van der Waals surface area contributed by atoms with Crippen LogP contribution in [0.5, 0.6) is 0 Å². The van der Waals surface area contributed by atoms with E-state index in [2.05, 4.69) is 49.2 Å². The summed E-state index contributed by atoms with van der Waals surface area (Å²) in [4.78, 5) is 2.67. The van der Waals surface area contributed by atoms with Gasteiger partial charge in [-0.2, -0.15) is 0 Å². The summed E-state index contributed by atoms with van der Waals surface area (Å²) < 4.78 is 0. The number of hydrogen-bond acceptors (Lipinski definition) is 2. The van der Waals surface area contributed by atoms with Crippen LogP contribution in [0, 0.1) is 6.92 Å². The average Bonchev–Trinajstić information content (AvgIpc) is 2.46. The molecule has 1 fully saturated rings. The van der Waals surface area contributed by atoms with Crippen molar-refractivity contribution in [2.24, 2.45) is 0 Å². The van der Waals surface area contributed by atoms with Crippen molar-refractivity contribution in [3.63, 3.8) is 0 Å². The summed E-state index contributed by atoms with van der Waals surface area (Å²) in [7, 11) is 0. The van der Waals surface area contributed by atoms with Gasteiger partial charge in [-0.25, -0.2) is 0 Å². The van der Waals surface area contributed by atoms with Gasteiger partial charge in [0.2, 0.25) is 0 Å². The molecule has 112 valence electrons. The van der Waals surface area contributed by atoms with Crippen LogP contribution in [0.1, 0.15) is 57.1 Å². The number of nitrogens with zero attached hydrogens (tertiary/aromatic N) is 1. The van der Waals surface area contributed by atoms with E-state index in [0.717, 1.165) is 19.1 Å². The minimum absolute atomic E-state index is 0.757. The highest BCUT2D eigenvalue weighted by molar-refractivity contribution is 5.55. The van der Waals surface area contributed by atoms with E-state index in [1.807, 2.05) is 0 Å². The number of aryl methyl sites for hydroxylation is 1. The van der Waals surface area contributed by atoms with Crippen LogP contribution in [0.25, 0.3) is 0 Å². The molecule has 0 aliphatic carbocycles. The predicted octanol–water partition coefficient (Wildman–Crippen LogP) is 4.26. The Labute approximate surface area is 124 Å². The summed E-state index contributed by atoms with van der Waals surface area (Å²) in [6, 6.07) is 7.75. The van der Waals surface area contributed by atoms with Gasteiger partial charge in [0.05, 0.1) is 0 Å². The molecule has 0 radical (unpaired) electrons. The SMILES string of the molecule is CCCC1CCCCN1c1ccc(CNCC)cc1C. The second-order valence-corrected chi connectivity index (χ2v) is 6.03. The van der Waals surface area contributed by atoms with Crippen LogP contribution in [-0.4, -0.2) is 19.1 Å². The second-order valence-electron chi connectivity index (χ2n) is 6.03. The van der Waals surface area contributed by atoms with Gasteiger partial charge in [0.1, 0.15) is 0 Å². The zero-order valence-corrected chi connectivity index (χ0v) is 13.4. The predicted molar refractivity (Wildman–Crippen MR) is 88.5 cm³/mol. The first-order valence-corrected chi connectivity index (χ1v) is 8.33. The standard InChI is InChI=1S/C18H30N2/c1-4-8-17-9-6-7-12-20(17)18-11-10-16(13-15(18)3)14-19-5-2/h10-11,13,17,19H,4-9,12,14H2,1-3H3. The lowest BCUT2D eigenvalue weighted by Crippen LogP contribution is -2.39. The molecular weight excluding hydrogens is 244 g/mol. The average molecular weight is 274 g/mol. The molecular formula is C18H30N2. The fourth-order valence-corrected chi connectivity index (χ4v) is 3.37. The Balaban J connectivity index is 2.13. The third kappa shape index (κ3) is 3.76.